The lowest BCUT2D eigenvalue weighted by molar-refractivity contribution is 0.783. The first-order valence-electron chi connectivity index (χ1n) is 9.76. The highest BCUT2D eigenvalue weighted by molar-refractivity contribution is 6.33. The molecular formula is C22H19Cl2N7. The highest BCUT2D eigenvalue weighted by Crippen LogP contribution is 2.35. The number of nitrogens with two attached hydrogens (primary N) is 1. The molecule has 7 nitrogen and oxygen atoms in total. The molecule has 0 radical (unpaired) electrons. The van der Waals surface area contributed by atoms with Gasteiger partial charge in [-0.1, -0.05) is 35.3 Å². The summed E-state index contributed by atoms with van der Waals surface area (Å²) in [5, 5.41) is 5.60. The first kappa shape index (κ1) is 19.7. The minimum Gasteiger partial charge on any atom is -0.383 e. The van der Waals surface area contributed by atoms with Gasteiger partial charge in [-0.15, -0.1) is 0 Å². The van der Waals surface area contributed by atoms with Crippen LogP contribution in [0.3, 0.4) is 0 Å². The maximum absolute atomic E-state index is 6.73. The summed E-state index contributed by atoms with van der Waals surface area (Å²) in [5.74, 6) is 1.17. The van der Waals surface area contributed by atoms with Gasteiger partial charge in [-0.3, -0.25) is 4.40 Å². The van der Waals surface area contributed by atoms with Crippen molar-refractivity contribution >= 4 is 51.4 Å². The molecule has 0 bridgehead atoms. The molecule has 1 unspecified atom stereocenters. The number of aromatic amines is 1. The second-order valence-electron chi connectivity index (χ2n) is 7.41. The van der Waals surface area contributed by atoms with Gasteiger partial charge >= 0.3 is 0 Å². The number of imidazole rings is 1. The summed E-state index contributed by atoms with van der Waals surface area (Å²) in [6.45, 7) is 2.07. The zero-order valence-electron chi connectivity index (χ0n) is 16.6. The van der Waals surface area contributed by atoms with E-state index in [0.29, 0.717) is 39.6 Å². The number of pyridine rings is 1. The van der Waals surface area contributed by atoms with Crippen molar-refractivity contribution in [3.63, 3.8) is 0 Å². The molecule has 0 fully saturated rings. The molecule has 0 aliphatic carbocycles. The van der Waals surface area contributed by atoms with Gasteiger partial charge in [0.15, 0.2) is 11.5 Å². The Balaban J connectivity index is 1.57. The van der Waals surface area contributed by atoms with Crippen molar-refractivity contribution < 1.29 is 0 Å². The fourth-order valence-corrected chi connectivity index (χ4v) is 4.21. The maximum atomic E-state index is 6.73. The van der Waals surface area contributed by atoms with Crippen LogP contribution < -0.4 is 11.1 Å². The molecule has 9 heteroatoms. The van der Waals surface area contributed by atoms with Crippen molar-refractivity contribution in [3.8, 4) is 11.3 Å². The third-order valence-electron chi connectivity index (χ3n) is 5.22. The zero-order chi connectivity index (χ0) is 21.5. The standard InChI is InChI=1S/C22H19Cl2N7/c1-12(9-13-3-2-6-26-20(13)25)29-21-22-27-7-8-31(22)19(24)18(30-21)16-11-28-17-10-14(23)4-5-15(16)17/h2-8,10-12,28H,9H2,1H3,(H2,25,26)(H,29,30). The van der Waals surface area contributed by atoms with Crippen molar-refractivity contribution in [2.45, 2.75) is 19.4 Å². The van der Waals surface area contributed by atoms with Gasteiger partial charge in [0.05, 0.1) is 0 Å². The second-order valence-corrected chi connectivity index (χ2v) is 8.20. The largest absolute Gasteiger partial charge is 0.383 e. The van der Waals surface area contributed by atoms with Crippen molar-refractivity contribution in [1.82, 2.24) is 24.3 Å². The molecule has 156 valence electrons. The van der Waals surface area contributed by atoms with Crippen LogP contribution in [0.5, 0.6) is 0 Å². The van der Waals surface area contributed by atoms with Crippen LogP contribution in [-0.4, -0.2) is 30.4 Å². The summed E-state index contributed by atoms with van der Waals surface area (Å²) in [6.07, 6.45) is 7.80. The predicted octanol–water partition coefficient (Wildman–Crippen LogP) is 5.20. The number of rotatable bonds is 5. The van der Waals surface area contributed by atoms with Gasteiger partial charge in [-0.05, 0) is 37.1 Å². The lowest BCUT2D eigenvalue weighted by atomic mass is 10.1. The predicted molar refractivity (Wildman–Crippen MR) is 126 cm³/mol. The number of nitrogens with one attached hydrogen (secondary N) is 2. The number of halogens is 2. The highest BCUT2D eigenvalue weighted by Gasteiger charge is 2.19. The molecule has 0 aliphatic rings. The topological polar surface area (TPSA) is 96.9 Å². The average molecular weight is 452 g/mol. The fourth-order valence-electron chi connectivity index (χ4n) is 3.76. The summed E-state index contributed by atoms with van der Waals surface area (Å²) in [4.78, 5) is 16.7. The molecular weight excluding hydrogens is 433 g/mol. The molecule has 5 rings (SSSR count). The minimum absolute atomic E-state index is 0.0373. The van der Waals surface area contributed by atoms with E-state index in [9.17, 15) is 0 Å². The van der Waals surface area contributed by atoms with Crippen LogP contribution in [0.1, 0.15) is 12.5 Å². The Labute approximate surface area is 188 Å². The molecule has 31 heavy (non-hydrogen) atoms. The first-order chi connectivity index (χ1) is 15.0. The number of nitrogens with zero attached hydrogens (tertiary/aromatic N) is 4. The minimum atomic E-state index is 0.0373. The van der Waals surface area contributed by atoms with Crippen LogP contribution in [0.25, 0.3) is 27.8 Å². The van der Waals surface area contributed by atoms with Crippen LogP contribution in [0.4, 0.5) is 11.6 Å². The molecule has 0 amide bonds. The zero-order valence-corrected chi connectivity index (χ0v) is 18.1. The van der Waals surface area contributed by atoms with E-state index in [1.54, 1.807) is 12.4 Å². The Kier molecular flexibility index (Phi) is 4.92. The molecule has 4 heterocycles. The highest BCUT2D eigenvalue weighted by atomic mass is 35.5. The number of benzene rings is 1. The number of fused-ring (bicyclic) bond motifs is 2. The number of hydrogen-bond donors (Lipinski definition) is 3. The first-order valence-corrected chi connectivity index (χ1v) is 10.5. The molecule has 5 aromatic rings. The van der Waals surface area contributed by atoms with E-state index in [1.165, 1.54) is 0 Å². The summed E-state index contributed by atoms with van der Waals surface area (Å²) in [5.41, 5.74) is 10.1. The normalized spacial score (nSPS) is 12.5. The lowest BCUT2D eigenvalue weighted by Gasteiger charge is -2.17. The van der Waals surface area contributed by atoms with Crippen molar-refractivity contribution in [3.05, 3.63) is 70.9 Å². The Hall–Kier alpha value is -3.29. The fraction of sp³-hybridized carbons (Fsp3) is 0.136. The molecule has 1 aromatic carbocycles. The molecule has 0 aliphatic heterocycles. The van der Waals surface area contributed by atoms with Crippen LogP contribution in [0, 0.1) is 0 Å². The quantitative estimate of drug-likeness (QED) is 0.340. The number of nitrogen functional groups attached to an aromatic ring is 1. The molecule has 0 spiro atoms. The van der Waals surface area contributed by atoms with Gasteiger partial charge in [0.25, 0.3) is 0 Å². The number of aromatic nitrogens is 5. The Bertz CT molecular complexity index is 1410. The van der Waals surface area contributed by atoms with E-state index in [1.807, 2.05) is 47.1 Å². The van der Waals surface area contributed by atoms with Gasteiger partial charge in [0, 0.05) is 52.3 Å². The second kappa shape index (κ2) is 7.76. The molecule has 0 saturated carbocycles. The Morgan fingerprint density at radius 3 is 2.90 bits per heavy atom. The molecule has 1 atom stereocenters. The third-order valence-corrected chi connectivity index (χ3v) is 5.81. The van der Waals surface area contributed by atoms with E-state index in [0.717, 1.165) is 22.0 Å². The van der Waals surface area contributed by atoms with E-state index in [2.05, 4.69) is 27.2 Å². The summed E-state index contributed by atoms with van der Waals surface area (Å²) >= 11 is 12.9. The van der Waals surface area contributed by atoms with E-state index >= 15 is 0 Å². The van der Waals surface area contributed by atoms with Crippen molar-refractivity contribution in [2.75, 3.05) is 11.1 Å². The smallest absolute Gasteiger partial charge is 0.181 e. The van der Waals surface area contributed by atoms with Gasteiger partial charge in [-0.25, -0.2) is 15.0 Å². The van der Waals surface area contributed by atoms with Crippen LogP contribution >= 0.6 is 23.2 Å². The third kappa shape index (κ3) is 3.56. The number of anilines is 2. The van der Waals surface area contributed by atoms with E-state index < -0.39 is 0 Å². The average Bonchev–Trinajstić information content (AvgIpc) is 3.39. The van der Waals surface area contributed by atoms with Crippen LogP contribution in [0.15, 0.2) is 55.1 Å². The van der Waals surface area contributed by atoms with Crippen molar-refractivity contribution in [1.29, 1.82) is 0 Å². The molecule has 4 aromatic heterocycles. The monoisotopic (exact) mass is 451 g/mol. The molecule has 0 saturated heterocycles. The Morgan fingerprint density at radius 1 is 1.19 bits per heavy atom. The van der Waals surface area contributed by atoms with Crippen molar-refractivity contribution in [2.24, 2.45) is 0 Å². The lowest BCUT2D eigenvalue weighted by Crippen LogP contribution is -2.20. The van der Waals surface area contributed by atoms with Crippen LogP contribution in [0.2, 0.25) is 10.2 Å². The number of hydrogen-bond acceptors (Lipinski definition) is 5. The molecule has 4 N–H and O–H groups in total. The maximum Gasteiger partial charge on any atom is 0.181 e. The van der Waals surface area contributed by atoms with E-state index in [-0.39, 0.29) is 6.04 Å². The number of H-pyrrole nitrogens is 1. The Morgan fingerprint density at radius 2 is 2.06 bits per heavy atom. The van der Waals surface area contributed by atoms with Gasteiger partial charge in [0.2, 0.25) is 0 Å². The van der Waals surface area contributed by atoms with Gasteiger partial charge in [0.1, 0.15) is 16.7 Å². The SMILES string of the molecule is CC(Cc1cccnc1N)Nc1nc(-c2c[nH]c3cc(Cl)ccc23)c(Cl)n2ccnc12. The summed E-state index contributed by atoms with van der Waals surface area (Å²) in [6, 6.07) is 9.58. The van der Waals surface area contributed by atoms with Crippen LogP contribution in [-0.2, 0) is 6.42 Å². The van der Waals surface area contributed by atoms with E-state index in [4.69, 9.17) is 33.9 Å². The van der Waals surface area contributed by atoms with Gasteiger partial charge in [-0.2, -0.15) is 0 Å². The summed E-state index contributed by atoms with van der Waals surface area (Å²) < 4.78 is 1.83. The summed E-state index contributed by atoms with van der Waals surface area (Å²) in [7, 11) is 0. The van der Waals surface area contributed by atoms with Gasteiger partial charge < -0.3 is 16.0 Å².